The van der Waals surface area contributed by atoms with Gasteiger partial charge in [0, 0.05) is 16.1 Å². The summed E-state index contributed by atoms with van der Waals surface area (Å²) in [6, 6.07) is 10.9. The zero-order valence-electron chi connectivity index (χ0n) is 12.5. The highest BCUT2D eigenvalue weighted by Crippen LogP contribution is 2.18. The summed E-state index contributed by atoms with van der Waals surface area (Å²) in [4.78, 5) is 24.9. The van der Waals surface area contributed by atoms with E-state index in [1.165, 1.54) is 0 Å². The van der Waals surface area contributed by atoms with Crippen LogP contribution in [-0.4, -0.2) is 32.0 Å². The van der Waals surface area contributed by atoms with Crippen LogP contribution in [-0.2, 0) is 22.6 Å². The number of benzene rings is 1. The minimum atomic E-state index is -0.539. The van der Waals surface area contributed by atoms with E-state index in [4.69, 9.17) is 5.73 Å². The number of hydrogen-bond donors (Lipinski definition) is 2. The van der Waals surface area contributed by atoms with Crippen LogP contribution in [0.2, 0.25) is 0 Å². The molecule has 24 heavy (non-hydrogen) atoms. The predicted octanol–water partition coefficient (Wildman–Crippen LogP) is 1.07. The maximum Gasteiger partial charge on any atom is 0.241 e. The first kappa shape index (κ1) is 15.8. The van der Waals surface area contributed by atoms with Gasteiger partial charge in [-0.05, 0) is 40.9 Å². The Morgan fingerprint density at radius 2 is 2.00 bits per heavy atom. The molecule has 2 amide bonds. The minimum Gasteiger partial charge on any atom is -0.368 e. The lowest BCUT2D eigenvalue weighted by molar-refractivity contribution is -0.119. The number of nitrogens with zero attached hydrogens (tertiary/aromatic N) is 4. The summed E-state index contributed by atoms with van der Waals surface area (Å²) in [5.41, 5.74) is 6.49. The number of nitrogens with two attached hydrogens (primary N) is 1. The van der Waals surface area contributed by atoms with Crippen molar-refractivity contribution < 1.29 is 9.59 Å². The van der Waals surface area contributed by atoms with Gasteiger partial charge in [-0.15, -0.1) is 21.5 Å². The standard InChI is InChI=1S/C15H14N6O2S/c16-13(22)9-21-19-15(18-20-21)10-3-5-11(6-4-10)17-14(23)8-12-2-1-7-24-12/h1-7H,8-9H2,(H2,16,22)(H,17,23). The second-order valence-electron chi connectivity index (χ2n) is 4.99. The van der Waals surface area contributed by atoms with Gasteiger partial charge in [0.1, 0.15) is 6.54 Å². The summed E-state index contributed by atoms with van der Waals surface area (Å²) < 4.78 is 0. The minimum absolute atomic E-state index is 0.0734. The van der Waals surface area contributed by atoms with Gasteiger partial charge >= 0.3 is 0 Å². The molecule has 0 spiro atoms. The number of thiophene rings is 1. The van der Waals surface area contributed by atoms with Crippen LogP contribution in [0.15, 0.2) is 41.8 Å². The second-order valence-corrected chi connectivity index (χ2v) is 6.02. The molecule has 0 unspecified atom stereocenters. The van der Waals surface area contributed by atoms with Gasteiger partial charge in [-0.3, -0.25) is 9.59 Å². The zero-order chi connectivity index (χ0) is 16.9. The Kier molecular flexibility index (Phi) is 4.62. The topological polar surface area (TPSA) is 116 Å². The van der Waals surface area contributed by atoms with E-state index >= 15 is 0 Å². The number of aromatic nitrogens is 4. The molecule has 0 aliphatic carbocycles. The highest BCUT2D eigenvalue weighted by Gasteiger charge is 2.09. The summed E-state index contributed by atoms with van der Waals surface area (Å²) in [5, 5.41) is 16.5. The lowest BCUT2D eigenvalue weighted by Crippen LogP contribution is -2.20. The fraction of sp³-hybridized carbons (Fsp3) is 0.133. The first-order valence-electron chi connectivity index (χ1n) is 7.09. The fourth-order valence-corrected chi connectivity index (χ4v) is 2.75. The molecule has 0 atom stereocenters. The molecule has 0 fully saturated rings. The molecule has 122 valence electrons. The van der Waals surface area contributed by atoms with Gasteiger partial charge in [0.2, 0.25) is 17.6 Å². The van der Waals surface area contributed by atoms with Gasteiger partial charge in [-0.2, -0.15) is 4.80 Å². The van der Waals surface area contributed by atoms with Crippen molar-refractivity contribution >= 4 is 28.8 Å². The van der Waals surface area contributed by atoms with E-state index in [9.17, 15) is 9.59 Å². The molecular weight excluding hydrogens is 328 g/mol. The number of nitrogens with one attached hydrogen (secondary N) is 1. The molecular formula is C15H14N6O2S. The molecule has 3 rings (SSSR count). The van der Waals surface area contributed by atoms with Crippen molar-refractivity contribution in [3.63, 3.8) is 0 Å². The zero-order valence-corrected chi connectivity index (χ0v) is 13.4. The van der Waals surface area contributed by atoms with Crippen LogP contribution in [0.5, 0.6) is 0 Å². The monoisotopic (exact) mass is 342 g/mol. The molecule has 0 bridgehead atoms. The molecule has 0 aliphatic heterocycles. The van der Waals surface area contributed by atoms with E-state index in [0.717, 1.165) is 15.2 Å². The predicted molar refractivity (Wildman–Crippen MR) is 89.1 cm³/mol. The Morgan fingerprint density at radius 1 is 1.21 bits per heavy atom. The molecule has 3 N–H and O–H groups in total. The summed E-state index contributed by atoms with van der Waals surface area (Å²) in [6.07, 6.45) is 0.350. The van der Waals surface area contributed by atoms with E-state index < -0.39 is 5.91 Å². The van der Waals surface area contributed by atoms with Crippen molar-refractivity contribution in [2.24, 2.45) is 5.73 Å². The van der Waals surface area contributed by atoms with Crippen LogP contribution >= 0.6 is 11.3 Å². The summed E-state index contributed by atoms with van der Waals surface area (Å²) in [7, 11) is 0. The van der Waals surface area contributed by atoms with Crippen molar-refractivity contribution in [3.8, 4) is 11.4 Å². The van der Waals surface area contributed by atoms with Gasteiger partial charge < -0.3 is 11.1 Å². The third-order valence-corrected chi connectivity index (χ3v) is 3.97. The number of anilines is 1. The van der Waals surface area contributed by atoms with Crippen LogP contribution in [0.3, 0.4) is 0 Å². The second kappa shape index (κ2) is 7.01. The Hall–Kier alpha value is -3.07. The van der Waals surface area contributed by atoms with E-state index in [1.54, 1.807) is 35.6 Å². The maximum atomic E-state index is 12.0. The quantitative estimate of drug-likeness (QED) is 0.695. The lowest BCUT2D eigenvalue weighted by Gasteiger charge is -2.04. The van der Waals surface area contributed by atoms with Crippen LogP contribution in [0.25, 0.3) is 11.4 Å². The first-order valence-corrected chi connectivity index (χ1v) is 7.97. The number of hydrogen-bond acceptors (Lipinski definition) is 6. The number of amides is 2. The van der Waals surface area contributed by atoms with E-state index in [2.05, 4.69) is 20.7 Å². The number of carbonyl (C=O) groups is 2. The smallest absolute Gasteiger partial charge is 0.241 e. The highest BCUT2D eigenvalue weighted by molar-refractivity contribution is 7.10. The number of rotatable bonds is 6. The Balaban J connectivity index is 1.63. The summed E-state index contributed by atoms with van der Waals surface area (Å²) in [5.74, 6) is -0.230. The van der Waals surface area contributed by atoms with Crippen LogP contribution in [0.1, 0.15) is 4.88 Å². The van der Waals surface area contributed by atoms with Crippen molar-refractivity contribution in [1.82, 2.24) is 20.2 Å². The number of primary amides is 1. The Morgan fingerprint density at radius 3 is 2.67 bits per heavy atom. The van der Waals surface area contributed by atoms with E-state index in [1.807, 2.05) is 17.5 Å². The van der Waals surface area contributed by atoms with Crippen molar-refractivity contribution in [3.05, 3.63) is 46.7 Å². The first-order chi connectivity index (χ1) is 11.6. The SMILES string of the molecule is NC(=O)Cn1nnc(-c2ccc(NC(=O)Cc3cccs3)cc2)n1. The van der Waals surface area contributed by atoms with Crippen LogP contribution in [0, 0.1) is 0 Å². The Labute approximate surface area is 141 Å². The molecule has 2 aromatic heterocycles. The van der Waals surface area contributed by atoms with Gasteiger partial charge in [0.05, 0.1) is 6.42 Å². The normalized spacial score (nSPS) is 10.5. The van der Waals surface area contributed by atoms with Crippen LogP contribution < -0.4 is 11.1 Å². The molecule has 2 heterocycles. The van der Waals surface area contributed by atoms with Crippen molar-refractivity contribution in [2.45, 2.75) is 13.0 Å². The van der Waals surface area contributed by atoms with Crippen molar-refractivity contribution in [2.75, 3.05) is 5.32 Å². The lowest BCUT2D eigenvalue weighted by atomic mass is 10.2. The molecule has 0 saturated heterocycles. The van der Waals surface area contributed by atoms with Gasteiger partial charge in [-0.25, -0.2) is 0 Å². The van der Waals surface area contributed by atoms with Crippen molar-refractivity contribution in [1.29, 1.82) is 0 Å². The molecule has 0 aliphatic rings. The van der Waals surface area contributed by atoms with Gasteiger partial charge in [0.15, 0.2) is 0 Å². The number of tetrazole rings is 1. The maximum absolute atomic E-state index is 12.0. The average molecular weight is 342 g/mol. The summed E-state index contributed by atoms with van der Waals surface area (Å²) in [6.45, 7) is -0.121. The average Bonchev–Trinajstić information content (AvgIpc) is 3.19. The molecule has 3 aromatic rings. The van der Waals surface area contributed by atoms with Crippen LogP contribution in [0.4, 0.5) is 5.69 Å². The number of carbonyl (C=O) groups excluding carboxylic acids is 2. The molecule has 9 heteroatoms. The Bertz CT molecular complexity index is 841. The molecule has 8 nitrogen and oxygen atoms in total. The largest absolute Gasteiger partial charge is 0.368 e. The third kappa shape index (κ3) is 4.02. The molecule has 1 aromatic carbocycles. The summed E-state index contributed by atoms with van der Waals surface area (Å²) >= 11 is 1.55. The fourth-order valence-electron chi connectivity index (χ4n) is 2.04. The van der Waals surface area contributed by atoms with Gasteiger partial charge in [0.25, 0.3) is 0 Å². The molecule has 0 radical (unpaired) electrons. The van der Waals surface area contributed by atoms with Gasteiger partial charge in [-0.1, -0.05) is 6.07 Å². The van der Waals surface area contributed by atoms with E-state index in [-0.39, 0.29) is 12.5 Å². The third-order valence-electron chi connectivity index (χ3n) is 3.09. The molecule has 0 saturated carbocycles. The van der Waals surface area contributed by atoms with E-state index in [0.29, 0.717) is 17.9 Å². The highest BCUT2D eigenvalue weighted by atomic mass is 32.1.